The fourth-order valence-electron chi connectivity index (χ4n) is 2.85. The van der Waals surface area contributed by atoms with Crippen molar-refractivity contribution in [2.75, 3.05) is 13.7 Å². The Balaban J connectivity index is 3.36. The molecule has 5 atom stereocenters. The van der Waals surface area contributed by atoms with E-state index in [4.69, 9.17) is 23.7 Å². The van der Waals surface area contributed by atoms with Gasteiger partial charge in [0, 0.05) is 39.7 Å². The number of methoxy groups -OCH3 is 1. The molecular weight excluding hydrogens is 404 g/mol. The average molecular weight is 430 g/mol. The molecule has 1 rings (SSSR count). The molecule has 1 heterocycles. The molecular formula is C19H26O11. The summed E-state index contributed by atoms with van der Waals surface area (Å²) in [6.07, 6.45) is -3.33. The molecule has 1 aliphatic heterocycles. The maximum Gasteiger partial charge on any atom is 0.373 e. The first-order valence-corrected chi connectivity index (χ1v) is 9.08. The summed E-state index contributed by atoms with van der Waals surface area (Å²) in [6, 6.07) is 0. The second-order valence-corrected chi connectivity index (χ2v) is 6.56. The summed E-state index contributed by atoms with van der Waals surface area (Å²) in [5.74, 6) is -4.52. The summed E-state index contributed by atoms with van der Waals surface area (Å²) in [6.45, 7) is 5.77. The molecule has 0 aromatic rings. The van der Waals surface area contributed by atoms with Gasteiger partial charge in [-0.15, -0.1) is 0 Å². The maximum absolute atomic E-state index is 12.0. The van der Waals surface area contributed by atoms with Crippen LogP contribution in [0.3, 0.4) is 0 Å². The lowest BCUT2D eigenvalue weighted by atomic mass is 9.88. The van der Waals surface area contributed by atoms with Crippen LogP contribution in [0.5, 0.6) is 0 Å². The first-order valence-electron chi connectivity index (χ1n) is 9.08. The highest BCUT2D eigenvalue weighted by Crippen LogP contribution is 2.31. The molecule has 11 nitrogen and oxygen atoms in total. The topological polar surface area (TPSA) is 141 Å². The van der Waals surface area contributed by atoms with Crippen molar-refractivity contribution >= 4 is 29.8 Å². The molecule has 168 valence electrons. The van der Waals surface area contributed by atoms with Gasteiger partial charge in [0.05, 0.1) is 7.11 Å². The molecule has 1 aliphatic rings. The van der Waals surface area contributed by atoms with E-state index in [9.17, 15) is 24.0 Å². The average Bonchev–Trinajstić information content (AvgIpc) is 2.63. The van der Waals surface area contributed by atoms with E-state index in [0.29, 0.717) is 0 Å². The Bertz CT molecular complexity index is 711. The van der Waals surface area contributed by atoms with Crippen molar-refractivity contribution in [2.24, 2.45) is 5.92 Å². The molecule has 0 fully saturated rings. The van der Waals surface area contributed by atoms with Crippen molar-refractivity contribution in [3.8, 4) is 0 Å². The third kappa shape index (κ3) is 7.37. The van der Waals surface area contributed by atoms with E-state index >= 15 is 0 Å². The molecule has 0 unspecified atom stereocenters. The van der Waals surface area contributed by atoms with Crippen LogP contribution in [0, 0.1) is 5.92 Å². The minimum Gasteiger partial charge on any atom is -0.479 e. The second-order valence-electron chi connectivity index (χ2n) is 6.56. The molecule has 30 heavy (non-hydrogen) atoms. The third-order valence-corrected chi connectivity index (χ3v) is 4.06. The van der Waals surface area contributed by atoms with Crippen LogP contribution in [0.2, 0.25) is 0 Å². The number of esters is 5. The van der Waals surface area contributed by atoms with Gasteiger partial charge in [-0.05, 0) is 0 Å². The van der Waals surface area contributed by atoms with E-state index in [0.717, 1.165) is 27.9 Å². The zero-order valence-electron chi connectivity index (χ0n) is 17.7. The van der Waals surface area contributed by atoms with Gasteiger partial charge in [0.25, 0.3) is 0 Å². The lowest BCUT2D eigenvalue weighted by molar-refractivity contribution is -0.194. The monoisotopic (exact) mass is 430 g/mol. The van der Waals surface area contributed by atoms with Crippen LogP contribution >= 0.6 is 0 Å². The second kappa shape index (κ2) is 11.2. The van der Waals surface area contributed by atoms with Crippen LogP contribution in [0.25, 0.3) is 0 Å². The van der Waals surface area contributed by atoms with Gasteiger partial charge in [0.1, 0.15) is 18.8 Å². The van der Waals surface area contributed by atoms with E-state index < -0.39 is 66.8 Å². The standard InChI is InChI=1S/C19H26O11/c1-9-14(27-11(3)21)7-15(19(24)25-6)30-17(9)18(29-13(5)23)16(28-12(4)22)8-26-10(2)20/h7,9,14,16-18H,8H2,1-6H3/t9-,14+,16-,17-,18-/m1/s1. The summed E-state index contributed by atoms with van der Waals surface area (Å²) in [4.78, 5) is 58.1. The molecule has 0 N–H and O–H groups in total. The highest BCUT2D eigenvalue weighted by molar-refractivity contribution is 5.86. The van der Waals surface area contributed by atoms with Gasteiger partial charge in [-0.1, -0.05) is 6.92 Å². The number of hydrogen-bond donors (Lipinski definition) is 0. The van der Waals surface area contributed by atoms with Crippen LogP contribution in [-0.4, -0.2) is 68.0 Å². The minimum absolute atomic E-state index is 0.280. The fraction of sp³-hybridized carbons (Fsp3) is 0.632. The molecule has 0 aliphatic carbocycles. The molecule has 0 saturated carbocycles. The smallest absolute Gasteiger partial charge is 0.373 e. The van der Waals surface area contributed by atoms with Crippen molar-refractivity contribution in [3.63, 3.8) is 0 Å². The Kier molecular flexibility index (Phi) is 9.28. The summed E-state index contributed by atoms with van der Waals surface area (Å²) in [5, 5.41) is 0. The van der Waals surface area contributed by atoms with Gasteiger partial charge in [-0.3, -0.25) is 19.2 Å². The van der Waals surface area contributed by atoms with Crippen molar-refractivity contribution in [1.29, 1.82) is 0 Å². The highest BCUT2D eigenvalue weighted by atomic mass is 16.6. The largest absolute Gasteiger partial charge is 0.479 e. The Hall–Kier alpha value is -3.11. The normalized spacial score (nSPS) is 22.3. The molecule has 0 aromatic carbocycles. The molecule has 0 spiro atoms. The SMILES string of the molecule is COC(=O)C1=C[C@H](OC(C)=O)[C@@H](C)[C@H]([C@H](OC(C)=O)[C@@H](COC(C)=O)OC(C)=O)O1. The summed E-state index contributed by atoms with van der Waals surface area (Å²) >= 11 is 0. The fourth-order valence-corrected chi connectivity index (χ4v) is 2.85. The van der Waals surface area contributed by atoms with Crippen LogP contribution < -0.4 is 0 Å². The first kappa shape index (κ1) is 24.9. The predicted octanol–water partition coefficient (Wildman–Crippen LogP) is 0.436. The number of rotatable bonds is 8. The van der Waals surface area contributed by atoms with Gasteiger partial charge in [0.15, 0.2) is 12.2 Å². The van der Waals surface area contributed by atoms with Gasteiger partial charge < -0.3 is 28.4 Å². The van der Waals surface area contributed by atoms with Crippen molar-refractivity contribution < 1.29 is 52.4 Å². The van der Waals surface area contributed by atoms with E-state index in [2.05, 4.69) is 4.74 Å². The summed E-state index contributed by atoms with van der Waals surface area (Å²) in [7, 11) is 1.13. The first-order chi connectivity index (χ1) is 14.0. The Morgan fingerprint density at radius 2 is 1.57 bits per heavy atom. The van der Waals surface area contributed by atoms with Crippen molar-refractivity contribution in [3.05, 3.63) is 11.8 Å². The van der Waals surface area contributed by atoms with E-state index in [1.165, 1.54) is 13.0 Å². The molecule has 0 bridgehead atoms. The number of carbonyl (C=O) groups excluding carboxylic acids is 5. The van der Waals surface area contributed by atoms with Crippen LogP contribution in [0.15, 0.2) is 11.8 Å². The molecule has 0 amide bonds. The number of hydrogen-bond acceptors (Lipinski definition) is 11. The molecule has 0 radical (unpaired) electrons. The van der Waals surface area contributed by atoms with Gasteiger partial charge in [0.2, 0.25) is 5.76 Å². The lowest BCUT2D eigenvalue weighted by Crippen LogP contribution is -2.53. The van der Waals surface area contributed by atoms with Gasteiger partial charge in [-0.25, -0.2) is 4.79 Å². The molecule has 0 aromatic heterocycles. The van der Waals surface area contributed by atoms with E-state index in [1.807, 2.05) is 0 Å². The predicted molar refractivity (Wildman–Crippen MR) is 97.4 cm³/mol. The minimum atomic E-state index is -1.30. The summed E-state index contributed by atoms with van der Waals surface area (Å²) < 4.78 is 31.0. The van der Waals surface area contributed by atoms with Crippen LogP contribution in [-0.2, 0) is 52.4 Å². The Morgan fingerprint density at radius 3 is 2.03 bits per heavy atom. The van der Waals surface area contributed by atoms with Gasteiger partial charge >= 0.3 is 29.8 Å². The summed E-state index contributed by atoms with van der Waals surface area (Å²) in [5.41, 5.74) is 0. The zero-order valence-corrected chi connectivity index (χ0v) is 17.7. The van der Waals surface area contributed by atoms with Gasteiger partial charge in [-0.2, -0.15) is 0 Å². The van der Waals surface area contributed by atoms with E-state index in [-0.39, 0.29) is 5.76 Å². The number of ether oxygens (including phenoxy) is 6. The molecule has 11 heteroatoms. The maximum atomic E-state index is 12.0. The van der Waals surface area contributed by atoms with Crippen molar-refractivity contribution in [1.82, 2.24) is 0 Å². The van der Waals surface area contributed by atoms with Crippen LogP contribution in [0.4, 0.5) is 0 Å². The van der Waals surface area contributed by atoms with Crippen molar-refractivity contribution in [2.45, 2.75) is 59.0 Å². The lowest BCUT2D eigenvalue weighted by Gasteiger charge is -2.39. The Morgan fingerprint density at radius 1 is 0.967 bits per heavy atom. The van der Waals surface area contributed by atoms with E-state index in [1.54, 1.807) is 6.92 Å². The Labute approximate surface area is 173 Å². The molecule has 0 saturated heterocycles. The van der Waals surface area contributed by atoms with Crippen LogP contribution in [0.1, 0.15) is 34.6 Å². The highest BCUT2D eigenvalue weighted by Gasteiger charge is 2.46. The quantitative estimate of drug-likeness (QED) is 0.391. The third-order valence-electron chi connectivity index (χ3n) is 4.06. The number of carbonyl (C=O) groups is 5. The zero-order chi connectivity index (χ0) is 23.0.